The molecule has 1 aromatic rings. The van der Waals surface area contributed by atoms with E-state index < -0.39 is 0 Å². The van der Waals surface area contributed by atoms with Crippen LogP contribution in [0.3, 0.4) is 0 Å². The second-order valence-electron chi connectivity index (χ2n) is 9.34. The van der Waals surface area contributed by atoms with Crippen molar-refractivity contribution in [3.8, 4) is 0 Å². The molecule has 4 aliphatic rings. The van der Waals surface area contributed by atoms with E-state index in [0.717, 1.165) is 58.7 Å². The minimum absolute atomic E-state index is 0.0548. The van der Waals surface area contributed by atoms with Gasteiger partial charge in [-0.3, -0.25) is 4.90 Å². The van der Waals surface area contributed by atoms with Gasteiger partial charge in [0.15, 0.2) is 0 Å². The summed E-state index contributed by atoms with van der Waals surface area (Å²) < 4.78 is 19.0. The van der Waals surface area contributed by atoms with Gasteiger partial charge in [-0.1, -0.05) is 30.3 Å². The molecule has 3 saturated heterocycles. The Bertz CT molecular complexity index is 628. The van der Waals surface area contributed by atoms with E-state index in [9.17, 15) is 0 Å². The smallest absolute Gasteiger partial charge is 0.101 e. The molecule has 5 rings (SSSR count). The number of benzene rings is 1. The van der Waals surface area contributed by atoms with Gasteiger partial charge in [-0.2, -0.15) is 0 Å². The summed E-state index contributed by atoms with van der Waals surface area (Å²) in [6, 6.07) is 10.8. The van der Waals surface area contributed by atoms with Gasteiger partial charge in [0.25, 0.3) is 0 Å². The Balaban J connectivity index is 1.52. The summed E-state index contributed by atoms with van der Waals surface area (Å²) in [7, 11) is 0. The van der Waals surface area contributed by atoms with Gasteiger partial charge < -0.3 is 14.2 Å². The van der Waals surface area contributed by atoms with E-state index in [2.05, 4.69) is 56.0 Å². The lowest BCUT2D eigenvalue weighted by Gasteiger charge is -2.63. The Morgan fingerprint density at radius 2 is 1.85 bits per heavy atom. The van der Waals surface area contributed by atoms with E-state index in [1.165, 1.54) is 12.0 Å². The number of morpholine rings is 1. The van der Waals surface area contributed by atoms with Gasteiger partial charge in [-0.15, -0.1) is 0 Å². The Morgan fingerprint density at radius 1 is 1.11 bits per heavy atom. The molecule has 0 N–H and O–H groups in total. The maximum atomic E-state index is 6.80. The number of ether oxygens (including phenoxy) is 3. The molecule has 4 heteroatoms. The van der Waals surface area contributed by atoms with E-state index in [1.54, 1.807) is 0 Å². The highest BCUT2D eigenvalue weighted by atomic mass is 16.6. The number of hydrogen-bond donors (Lipinski definition) is 0. The van der Waals surface area contributed by atoms with E-state index in [1.807, 2.05) is 0 Å². The fourth-order valence-electron chi connectivity index (χ4n) is 5.44. The monoisotopic (exact) mass is 373 g/mol. The van der Waals surface area contributed by atoms with E-state index in [4.69, 9.17) is 14.2 Å². The predicted molar refractivity (Wildman–Crippen MR) is 107 cm³/mol. The average molecular weight is 374 g/mol. The highest BCUT2D eigenvalue weighted by Crippen LogP contribution is 2.56. The lowest BCUT2D eigenvalue weighted by Crippen LogP contribution is -2.70. The van der Waals surface area contributed by atoms with Crippen molar-refractivity contribution in [2.45, 2.75) is 63.3 Å². The number of rotatable bonds is 6. The summed E-state index contributed by atoms with van der Waals surface area (Å²) in [6.07, 6.45) is 4.35. The van der Waals surface area contributed by atoms with Crippen LogP contribution in [0.1, 0.15) is 45.6 Å². The summed E-state index contributed by atoms with van der Waals surface area (Å²) >= 11 is 0. The Labute approximate surface area is 164 Å². The van der Waals surface area contributed by atoms with Gasteiger partial charge in [-0.25, -0.2) is 0 Å². The van der Waals surface area contributed by atoms with Crippen LogP contribution in [0.4, 0.5) is 0 Å². The van der Waals surface area contributed by atoms with Crippen molar-refractivity contribution in [1.29, 1.82) is 0 Å². The zero-order chi connectivity index (χ0) is 19.0. The molecule has 1 saturated carbocycles. The van der Waals surface area contributed by atoms with Crippen LogP contribution >= 0.6 is 0 Å². The summed E-state index contributed by atoms with van der Waals surface area (Å²) in [5.74, 6) is 0.562. The topological polar surface area (TPSA) is 30.9 Å². The Hall–Kier alpha value is -0.940. The van der Waals surface area contributed by atoms with Crippen molar-refractivity contribution in [1.82, 2.24) is 4.90 Å². The third kappa shape index (κ3) is 3.82. The number of hydrogen-bond acceptors (Lipinski definition) is 4. The zero-order valence-electron chi connectivity index (χ0n) is 17.2. The summed E-state index contributed by atoms with van der Waals surface area (Å²) in [6.45, 7) is 12.3. The van der Waals surface area contributed by atoms with Crippen LogP contribution in [-0.4, -0.2) is 61.2 Å². The maximum absolute atomic E-state index is 6.80. The van der Waals surface area contributed by atoms with Gasteiger partial charge >= 0.3 is 0 Å². The zero-order valence-corrected chi connectivity index (χ0v) is 17.2. The Kier molecular flexibility index (Phi) is 5.36. The first-order valence-electron chi connectivity index (χ1n) is 10.6. The molecule has 3 heterocycles. The van der Waals surface area contributed by atoms with E-state index in [-0.39, 0.29) is 16.8 Å². The SMILES string of the molecule is CC1(C)OC2(C)CCC1CC2(Cc1ccccc1)OCCN1CCOCC1. The molecule has 3 atom stereocenters. The standard InChI is InChI=1S/C23H35NO3/c1-21(2)20-9-10-22(3,27-21)23(18-20,17-19-7-5-4-6-8-19)26-16-13-24-11-14-25-15-12-24/h4-8,20H,9-18H2,1-3H3. The van der Waals surface area contributed by atoms with Crippen molar-refractivity contribution < 1.29 is 14.2 Å². The van der Waals surface area contributed by atoms with Crippen molar-refractivity contribution in [2.75, 3.05) is 39.5 Å². The molecule has 0 spiro atoms. The first kappa shape index (κ1) is 19.4. The fraction of sp³-hybridized carbons (Fsp3) is 0.739. The van der Waals surface area contributed by atoms with Crippen molar-refractivity contribution in [3.63, 3.8) is 0 Å². The minimum atomic E-state index is -0.237. The summed E-state index contributed by atoms with van der Waals surface area (Å²) in [5, 5.41) is 0. The van der Waals surface area contributed by atoms with E-state index >= 15 is 0 Å². The van der Waals surface area contributed by atoms with Crippen LogP contribution in [0, 0.1) is 5.92 Å². The molecule has 3 unspecified atom stereocenters. The fourth-order valence-corrected chi connectivity index (χ4v) is 5.44. The molecule has 150 valence electrons. The molecule has 0 aromatic heterocycles. The van der Waals surface area contributed by atoms with Gasteiger partial charge in [-0.05, 0) is 51.5 Å². The van der Waals surface area contributed by atoms with Gasteiger partial charge in [0.2, 0.25) is 0 Å². The first-order chi connectivity index (χ1) is 12.9. The normalized spacial score (nSPS) is 36.0. The maximum Gasteiger partial charge on any atom is 0.101 e. The van der Waals surface area contributed by atoms with Crippen LogP contribution in [0.15, 0.2) is 30.3 Å². The Morgan fingerprint density at radius 3 is 2.52 bits per heavy atom. The van der Waals surface area contributed by atoms with Crippen LogP contribution in [-0.2, 0) is 20.6 Å². The molecular weight excluding hydrogens is 338 g/mol. The van der Waals surface area contributed by atoms with Crippen molar-refractivity contribution >= 4 is 0 Å². The minimum Gasteiger partial charge on any atom is -0.379 e. The quantitative estimate of drug-likeness (QED) is 0.761. The average Bonchev–Trinajstić information content (AvgIpc) is 2.64. The number of nitrogens with zero attached hydrogens (tertiary/aromatic N) is 1. The molecule has 27 heavy (non-hydrogen) atoms. The molecule has 2 bridgehead atoms. The van der Waals surface area contributed by atoms with Crippen LogP contribution < -0.4 is 0 Å². The lowest BCUT2D eigenvalue weighted by molar-refractivity contribution is -0.325. The molecule has 4 nitrogen and oxygen atoms in total. The van der Waals surface area contributed by atoms with Crippen LogP contribution in [0.5, 0.6) is 0 Å². The second kappa shape index (κ2) is 7.47. The van der Waals surface area contributed by atoms with Gasteiger partial charge in [0.05, 0.1) is 31.0 Å². The van der Waals surface area contributed by atoms with E-state index in [0.29, 0.717) is 5.92 Å². The highest BCUT2D eigenvalue weighted by Gasteiger charge is 2.62. The molecule has 1 aliphatic carbocycles. The lowest BCUT2D eigenvalue weighted by atomic mass is 9.59. The molecule has 4 fully saturated rings. The second-order valence-corrected chi connectivity index (χ2v) is 9.34. The van der Waals surface area contributed by atoms with Crippen LogP contribution in [0.25, 0.3) is 0 Å². The van der Waals surface area contributed by atoms with Crippen molar-refractivity contribution in [2.24, 2.45) is 5.92 Å². The third-order valence-corrected chi connectivity index (χ3v) is 7.20. The number of fused-ring (bicyclic) bond motifs is 3. The first-order valence-corrected chi connectivity index (χ1v) is 10.6. The van der Waals surface area contributed by atoms with Crippen LogP contribution in [0.2, 0.25) is 0 Å². The van der Waals surface area contributed by atoms with Gasteiger partial charge in [0, 0.05) is 26.1 Å². The summed E-state index contributed by atoms with van der Waals surface area (Å²) in [5.41, 5.74) is 0.824. The molecular formula is C23H35NO3. The molecule has 3 aliphatic heterocycles. The largest absolute Gasteiger partial charge is 0.379 e. The highest BCUT2D eigenvalue weighted by molar-refractivity contribution is 5.22. The molecule has 1 aromatic carbocycles. The van der Waals surface area contributed by atoms with Crippen molar-refractivity contribution in [3.05, 3.63) is 35.9 Å². The molecule has 0 radical (unpaired) electrons. The predicted octanol–water partition coefficient (Wildman–Crippen LogP) is 3.68. The molecule has 0 amide bonds. The van der Waals surface area contributed by atoms with Gasteiger partial charge in [0.1, 0.15) is 5.60 Å². The third-order valence-electron chi connectivity index (χ3n) is 7.20. The summed E-state index contributed by atoms with van der Waals surface area (Å²) in [4.78, 5) is 2.45.